The van der Waals surface area contributed by atoms with Crippen molar-refractivity contribution in [1.82, 2.24) is 4.57 Å². The van der Waals surface area contributed by atoms with E-state index >= 15 is 0 Å². The van der Waals surface area contributed by atoms with E-state index in [1.807, 2.05) is 41.0 Å². The maximum absolute atomic E-state index is 4.31. The summed E-state index contributed by atoms with van der Waals surface area (Å²) in [5, 5.41) is 0. The van der Waals surface area contributed by atoms with Crippen LogP contribution in [0, 0.1) is 13.8 Å². The highest BCUT2D eigenvalue weighted by atomic mass is 15.0. The third-order valence-corrected chi connectivity index (χ3v) is 5.45. The van der Waals surface area contributed by atoms with Gasteiger partial charge in [0.15, 0.2) is 0 Å². The summed E-state index contributed by atoms with van der Waals surface area (Å²) in [7, 11) is 1.84. The SMILES string of the molecule is CC.CC.CN=C/C(=C\CC1=CCC=C1n1cccc1-c1ccccc1)c1cc(C)cc(C)c1. The van der Waals surface area contributed by atoms with Gasteiger partial charge < -0.3 is 4.57 Å². The fourth-order valence-electron chi connectivity index (χ4n) is 4.17. The van der Waals surface area contributed by atoms with Crippen LogP contribution in [-0.2, 0) is 0 Å². The molecule has 0 fully saturated rings. The lowest BCUT2D eigenvalue weighted by Crippen LogP contribution is -1.99. The summed E-state index contributed by atoms with van der Waals surface area (Å²) in [4.78, 5) is 4.31. The summed E-state index contributed by atoms with van der Waals surface area (Å²) in [5.41, 5.74) is 10.1. The van der Waals surface area contributed by atoms with Crippen molar-refractivity contribution in [1.29, 1.82) is 0 Å². The van der Waals surface area contributed by atoms with Crippen LogP contribution in [-0.4, -0.2) is 17.8 Å². The zero-order valence-corrected chi connectivity index (χ0v) is 22.0. The molecule has 0 atom stereocenters. The molecule has 1 aliphatic carbocycles. The maximum Gasteiger partial charge on any atom is 0.0528 e. The maximum atomic E-state index is 4.31. The summed E-state index contributed by atoms with van der Waals surface area (Å²) >= 11 is 0. The van der Waals surface area contributed by atoms with Crippen LogP contribution >= 0.6 is 0 Å². The molecule has 0 saturated carbocycles. The van der Waals surface area contributed by atoms with Gasteiger partial charge in [0, 0.05) is 25.2 Å². The van der Waals surface area contributed by atoms with Crippen molar-refractivity contribution in [2.45, 2.75) is 54.4 Å². The van der Waals surface area contributed by atoms with Crippen LogP contribution in [0.2, 0.25) is 0 Å². The van der Waals surface area contributed by atoms with Crippen LogP contribution in [0.1, 0.15) is 57.2 Å². The molecule has 2 nitrogen and oxygen atoms in total. The Morgan fingerprint density at radius 2 is 1.56 bits per heavy atom. The molecule has 3 aromatic rings. The predicted molar refractivity (Wildman–Crippen MR) is 152 cm³/mol. The molecular weight excluding hydrogens is 412 g/mol. The fourth-order valence-corrected chi connectivity index (χ4v) is 4.17. The molecule has 0 aliphatic heterocycles. The standard InChI is InChI=1S/C28H28N2.2C2H6/c1-21-17-22(2)19-26(18-21)25(20-29-3)15-14-24-11-7-12-27(24)30-16-8-13-28(30)23-9-5-4-6-10-23;2*1-2/h4-6,8-13,15-20H,7,14H2,1-3H3;2*1-2H3/b25-15+,29-20?;;. The zero-order chi connectivity index (χ0) is 24.9. The van der Waals surface area contributed by atoms with E-state index in [1.165, 1.54) is 44.8 Å². The Morgan fingerprint density at radius 3 is 2.21 bits per heavy atom. The molecule has 4 rings (SSSR count). The summed E-state index contributed by atoms with van der Waals surface area (Å²) in [6.07, 6.45) is 13.0. The van der Waals surface area contributed by atoms with Gasteiger partial charge in [-0.1, -0.05) is 106 Å². The van der Waals surface area contributed by atoms with Gasteiger partial charge in [0.1, 0.15) is 0 Å². The molecule has 34 heavy (non-hydrogen) atoms. The van der Waals surface area contributed by atoms with Crippen LogP contribution in [0.25, 0.3) is 22.5 Å². The van der Waals surface area contributed by atoms with Crippen LogP contribution < -0.4 is 0 Å². The Balaban J connectivity index is 0.000000970. The van der Waals surface area contributed by atoms with Crippen molar-refractivity contribution in [3.63, 3.8) is 0 Å². The molecule has 178 valence electrons. The number of rotatable bonds is 6. The molecular formula is C32H40N2. The first-order chi connectivity index (χ1) is 16.7. The molecule has 0 amide bonds. The molecule has 1 heterocycles. The number of hydrogen-bond donors (Lipinski definition) is 0. The van der Waals surface area contributed by atoms with Crippen molar-refractivity contribution < 1.29 is 0 Å². The van der Waals surface area contributed by atoms with Gasteiger partial charge in [0.2, 0.25) is 0 Å². The average Bonchev–Trinajstić information content (AvgIpc) is 3.53. The average molecular weight is 453 g/mol. The van der Waals surface area contributed by atoms with E-state index in [1.54, 1.807) is 0 Å². The normalized spacial score (nSPS) is 13.0. The van der Waals surface area contributed by atoms with Crippen LogP contribution in [0.15, 0.2) is 95.7 Å². The molecule has 2 heteroatoms. The zero-order valence-electron chi connectivity index (χ0n) is 22.0. The Morgan fingerprint density at radius 1 is 0.882 bits per heavy atom. The molecule has 2 aromatic carbocycles. The number of nitrogens with zero attached hydrogens (tertiary/aromatic N) is 2. The minimum absolute atomic E-state index is 0.882. The number of hydrogen-bond acceptors (Lipinski definition) is 1. The minimum Gasteiger partial charge on any atom is -0.317 e. The van der Waals surface area contributed by atoms with Crippen molar-refractivity contribution in [2.24, 2.45) is 4.99 Å². The molecule has 0 spiro atoms. The number of allylic oxidation sites excluding steroid dienone is 6. The van der Waals surface area contributed by atoms with Crippen molar-refractivity contribution >= 4 is 17.5 Å². The first kappa shape index (κ1) is 26.9. The fraction of sp³-hybridized carbons (Fsp3) is 0.281. The van der Waals surface area contributed by atoms with E-state index in [0.29, 0.717) is 0 Å². The Hall–Kier alpha value is -3.39. The van der Waals surface area contributed by atoms with E-state index in [4.69, 9.17) is 0 Å². The minimum atomic E-state index is 0.882. The van der Waals surface area contributed by atoms with Gasteiger partial charge in [0.25, 0.3) is 0 Å². The second-order valence-electron chi connectivity index (χ2n) is 7.81. The van der Waals surface area contributed by atoms with Crippen molar-refractivity contribution in [3.8, 4) is 11.3 Å². The van der Waals surface area contributed by atoms with Crippen molar-refractivity contribution in [2.75, 3.05) is 7.05 Å². The molecule has 0 N–H and O–H groups in total. The largest absolute Gasteiger partial charge is 0.317 e. The lowest BCUT2D eigenvalue weighted by atomic mass is 9.99. The van der Waals surface area contributed by atoms with Gasteiger partial charge in [-0.05, 0) is 61.1 Å². The quantitative estimate of drug-likeness (QED) is 0.332. The van der Waals surface area contributed by atoms with E-state index in [2.05, 4.69) is 108 Å². The summed E-state index contributed by atoms with van der Waals surface area (Å²) in [6, 6.07) is 21.6. The first-order valence-corrected chi connectivity index (χ1v) is 12.5. The smallest absolute Gasteiger partial charge is 0.0528 e. The molecule has 1 aliphatic rings. The number of benzene rings is 2. The lowest BCUT2D eigenvalue weighted by molar-refractivity contribution is 1.09. The third-order valence-electron chi connectivity index (χ3n) is 5.45. The van der Waals surface area contributed by atoms with Gasteiger partial charge in [-0.3, -0.25) is 4.99 Å². The first-order valence-electron chi connectivity index (χ1n) is 12.5. The third kappa shape index (κ3) is 6.81. The molecule has 0 radical (unpaired) electrons. The Kier molecular flexibility index (Phi) is 11.1. The van der Waals surface area contributed by atoms with Crippen LogP contribution in [0.4, 0.5) is 0 Å². The van der Waals surface area contributed by atoms with E-state index in [-0.39, 0.29) is 0 Å². The lowest BCUT2D eigenvalue weighted by Gasteiger charge is -2.14. The number of aliphatic imine (C=N–C) groups is 1. The van der Waals surface area contributed by atoms with Gasteiger partial charge in [-0.2, -0.15) is 0 Å². The highest BCUT2D eigenvalue weighted by Crippen LogP contribution is 2.33. The van der Waals surface area contributed by atoms with Gasteiger partial charge in [0.05, 0.1) is 5.69 Å². The Bertz CT molecular complexity index is 1130. The molecule has 0 unspecified atom stereocenters. The summed E-state index contributed by atoms with van der Waals surface area (Å²) in [5.74, 6) is 0. The molecule has 1 aromatic heterocycles. The molecule has 0 bridgehead atoms. The highest BCUT2D eigenvalue weighted by molar-refractivity contribution is 6.10. The van der Waals surface area contributed by atoms with E-state index in [9.17, 15) is 0 Å². The van der Waals surface area contributed by atoms with E-state index < -0.39 is 0 Å². The van der Waals surface area contributed by atoms with Crippen LogP contribution in [0.5, 0.6) is 0 Å². The van der Waals surface area contributed by atoms with E-state index in [0.717, 1.165) is 12.8 Å². The monoisotopic (exact) mass is 452 g/mol. The highest BCUT2D eigenvalue weighted by Gasteiger charge is 2.15. The Labute approximate surface area is 207 Å². The number of aryl methyl sites for hydroxylation is 2. The topological polar surface area (TPSA) is 17.3 Å². The van der Waals surface area contributed by atoms with Crippen molar-refractivity contribution in [3.05, 3.63) is 107 Å². The number of aromatic nitrogens is 1. The van der Waals surface area contributed by atoms with Gasteiger partial charge >= 0.3 is 0 Å². The van der Waals surface area contributed by atoms with Gasteiger partial charge in [-0.25, -0.2) is 0 Å². The van der Waals surface area contributed by atoms with Crippen LogP contribution in [0.3, 0.4) is 0 Å². The predicted octanol–water partition coefficient (Wildman–Crippen LogP) is 9.17. The summed E-state index contributed by atoms with van der Waals surface area (Å²) in [6.45, 7) is 12.3. The summed E-state index contributed by atoms with van der Waals surface area (Å²) < 4.78 is 2.31. The second kappa shape index (κ2) is 14.0. The van der Waals surface area contributed by atoms with Gasteiger partial charge in [-0.15, -0.1) is 0 Å². The molecule has 0 saturated heterocycles. The second-order valence-corrected chi connectivity index (χ2v) is 7.81.